The van der Waals surface area contributed by atoms with Crippen LogP contribution in [-0.2, 0) is 13.1 Å². The summed E-state index contributed by atoms with van der Waals surface area (Å²) in [6.07, 6.45) is 6.33. The Kier molecular flexibility index (Phi) is 7.07. The lowest BCUT2D eigenvalue weighted by Crippen LogP contribution is -2.39. The summed E-state index contributed by atoms with van der Waals surface area (Å²) >= 11 is 0. The van der Waals surface area contributed by atoms with E-state index in [-0.39, 0.29) is 0 Å². The van der Waals surface area contributed by atoms with E-state index >= 15 is 0 Å². The van der Waals surface area contributed by atoms with E-state index in [1.165, 1.54) is 30.5 Å². The quantitative estimate of drug-likeness (QED) is 0.675. The molecular weight excluding hydrogens is 338 g/mol. The molecule has 1 aliphatic heterocycles. The molecule has 5 nitrogen and oxygen atoms in total. The first-order chi connectivity index (χ1) is 13.2. The van der Waals surface area contributed by atoms with Gasteiger partial charge in [-0.15, -0.1) is 0 Å². The molecule has 0 unspecified atom stereocenters. The van der Waals surface area contributed by atoms with Crippen molar-refractivity contribution in [2.45, 2.75) is 38.9 Å². The highest BCUT2D eigenvalue weighted by Crippen LogP contribution is 2.28. The second-order valence-electron chi connectivity index (χ2n) is 7.14. The molecule has 0 bridgehead atoms. The average Bonchev–Trinajstić information content (AvgIpc) is 3.15. The summed E-state index contributed by atoms with van der Waals surface area (Å²) in [7, 11) is 3.36. The zero-order valence-corrected chi connectivity index (χ0v) is 16.7. The van der Waals surface area contributed by atoms with E-state index in [2.05, 4.69) is 46.0 Å². The van der Waals surface area contributed by atoms with E-state index in [0.717, 1.165) is 37.7 Å². The molecule has 0 saturated carbocycles. The molecule has 0 radical (unpaired) electrons. The van der Waals surface area contributed by atoms with Crippen LogP contribution in [0.3, 0.4) is 0 Å². The van der Waals surface area contributed by atoms with Gasteiger partial charge < -0.3 is 9.47 Å². The number of likely N-dealkylation sites (N-methyl/N-ethyl adjacent to an activating group) is 1. The molecule has 2 heterocycles. The summed E-state index contributed by atoms with van der Waals surface area (Å²) in [5.74, 6) is 1.56. The van der Waals surface area contributed by atoms with Crippen LogP contribution in [0.2, 0.25) is 0 Å². The molecule has 1 aromatic heterocycles. The monoisotopic (exact) mass is 369 g/mol. The van der Waals surface area contributed by atoms with Gasteiger partial charge in [-0.2, -0.15) is 0 Å². The number of rotatable bonds is 9. The number of hydrogen-bond donors (Lipinski definition) is 0. The fraction of sp³-hybridized carbons (Fsp3) is 0.500. The lowest BCUT2D eigenvalue weighted by Gasteiger charge is -2.30. The van der Waals surface area contributed by atoms with Crippen molar-refractivity contribution in [1.82, 2.24) is 14.8 Å². The molecule has 5 heteroatoms. The molecule has 0 spiro atoms. The SMILES string of the molecule is CCN1CCC[C@H]1CN(Cc1ccncc1)Cc1ccc(OC)c(OC)c1. The topological polar surface area (TPSA) is 37.8 Å². The van der Waals surface area contributed by atoms with Gasteiger partial charge in [0.15, 0.2) is 11.5 Å². The highest BCUT2D eigenvalue weighted by Gasteiger charge is 2.25. The Morgan fingerprint density at radius 2 is 1.78 bits per heavy atom. The summed E-state index contributed by atoms with van der Waals surface area (Å²) in [5.41, 5.74) is 2.54. The minimum absolute atomic E-state index is 0.636. The van der Waals surface area contributed by atoms with Crippen LogP contribution in [-0.4, -0.2) is 54.7 Å². The van der Waals surface area contributed by atoms with E-state index in [1.54, 1.807) is 14.2 Å². The summed E-state index contributed by atoms with van der Waals surface area (Å²) in [6, 6.07) is 11.1. The summed E-state index contributed by atoms with van der Waals surface area (Å²) < 4.78 is 10.9. The predicted octanol–water partition coefficient (Wildman–Crippen LogP) is 3.59. The second kappa shape index (κ2) is 9.72. The Morgan fingerprint density at radius 3 is 2.48 bits per heavy atom. The maximum Gasteiger partial charge on any atom is 0.161 e. The predicted molar refractivity (Wildman–Crippen MR) is 108 cm³/mol. The number of nitrogens with zero attached hydrogens (tertiary/aromatic N) is 3. The lowest BCUT2D eigenvalue weighted by molar-refractivity contribution is 0.166. The number of aromatic nitrogens is 1. The Hall–Kier alpha value is -2.11. The van der Waals surface area contributed by atoms with Gasteiger partial charge in [0.25, 0.3) is 0 Å². The molecular formula is C22H31N3O2. The summed E-state index contributed by atoms with van der Waals surface area (Å²) in [5, 5.41) is 0. The first-order valence-corrected chi connectivity index (χ1v) is 9.79. The van der Waals surface area contributed by atoms with E-state index in [1.807, 2.05) is 18.5 Å². The fourth-order valence-corrected chi connectivity index (χ4v) is 3.98. The smallest absolute Gasteiger partial charge is 0.161 e. The van der Waals surface area contributed by atoms with Gasteiger partial charge in [-0.05, 0) is 61.3 Å². The molecule has 0 aliphatic carbocycles. The Bertz CT molecular complexity index is 708. The zero-order valence-electron chi connectivity index (χ0n) is 16.7. The normalized spacial score (nSPS) is 17.4. The van der Waals surface area contributed by atoms with Crippen molar-refractivity contribution in [3.8, 4) is 11.5 Å². The summed E-state index contributed by atoms with van der Waals surface area (Å²) in [6.45, 7) is 7.50. The standard InChI is InChI=1S/C22H31N3O2/c1-4-25-13-5-6-20(25)17-24(15-18-9-11-23-12-10-18)16-19-7-8-21(26-2)22(14-19)27-3/h7-12,14,20H,4-6,13,15-17H2,1-3H3/t20-/m0/s1. The summed E-state index contributed by atoms with van der Waals surface area (Å²) in [4.78, 5) is 9.29. The third kappa shape index (κ3) is 5.21. The van der Waals surface area contributed by atoms with Crippen molar-refractivity contribution in [3.05, 3.63) is 53.9 Å². The van der Waals surface area contributed by atoms with Gasteiger partial charge in [-0.25, -0.2) is 0 Å². The van der Waals surface area contributed by atoms with Crippen molar-refractivity contribution in [2.24, 2.45) is 0 Å². The fourth-order valence-electron chi connectivity index (χ4n) is 3.98. The highest BCUT2D eigenvalue weighted by molar-refractivity contribution is 5.42. The Balaban J connectivity index is 1.76. The van der Waals surface area contributed by atoms with Crippen LogP contribution >= 0.6 is 0 Å². The van der Waals surface area contributed by atoms with Crippen molar-refractivity contribution in [1.29, 1.82) is 0 Å². The minimum Gasteiger partial charge on any atom is -0.493 e. The van der Waals surface area contributed by atoms with Crippen molar-refractivity contribution in [3.63, 3.8) is 0 Å². The van der Waals surface area contributed by atoms with Gasteiger partial charge in [0.1, 0.15) is 0 Å². The van der Waals surface area contributed by atoms with Crippen molar-refractivity contribution in [2.75, 3.05) is 33.9 Å². The largest absolute Gasteiger partial charge is 0.493 e. The minimum atomic E-state index is 0.636. The van der Waals surface area contributed by atoms with Crippen LogP contribution in [0.1, 0.15) is 30.9 Å². The first-order valence-electron chi connectivity index (χ1n) is 9.79. The van der Waals surface area contributed by atoms with Gasteiger partial charge in [-0.1, -0.05) is 13.0 Å². The molecule has 1 fully saturated rings. The van der Waals surface area contributed by atoms with Crippen LogP contribution in [0.5, 0.6) is 11.5 Å². The van der Waals surface area contributed by atoms with E-state index in [9.17, 15) is 0 Å². The maximum atomic E-state index is 5.48. The Morgan fingerprint density at radius 1 is 1.04 bits per heavy atom. The molecule has 0 N–H and O–H groups in total. The molecule has 1 aliphatic rings. The van der Waals surface area contributed by atoms with Crippen LogP contribution in [0, 0.1) is 0 Å². The molecule has 27 heavy (non-hydrogen) atoms. The average molecular weight is 370 g/mol. The lowest BCUT2D eigenvalue weighted by atomic mass is 10.1. The van der Waals surface area contributed by atoms with Crippen molar-refractivity contribution < 1.29 is 9.47 Å². The second-order valence-corrected chi connectivity index (χ2v) is 7.14. The zero-order chi connectivity index (χ0) is 19.1. The third-order valence-corrected chi connectivity index (χ3v) is 5.38. The molecule has 146 valence electrons. The number of benzene rings is 1. The van der Waals surface area contributed by atoms with Gasteiger partial charge in [0, 0.05) is 38.1 Å². The Labute approximate surface area is 162 Å². The number of pyridine rings is 1. The number of methoxy groups -OCH3 is 2. The van der Waals surface area contributed by atoms with E-state index in [0.29, 0.717) is 6.04 Å². The molecule has 3 rings (SSSR count). The maximum absolute atomic E-state index is 5.48. The van der Waals surface area contributed by atoms with E-state index in [4.69, 9.17) is 9.47 Å². The van der Waals surface area contributed by atoms with E-state index < -0.39 is 0 Å². The molecule has 0 amide bonds. The molecule has 1 saturated heterocycles. The molecule has 1 aromatic carbocycles. The van der Waals surface area contributed by atoms with Crippen LogP contribution < -0.4 is 9.47 Å². The van der Waals surface area contributed by atoms with Crippen LogP contribution in [0.15, 0.2) is 42.7 Å². The number of likely N-dealkylation sites (tertiary alicyclic amines) is 1. The molecule has 1 atom stereocenters. The van der Waals surface area contributed by atoms with Crippen molar-refractivity contribution >= 4 is 0 Å². The molecule has 2 aromatic rings. The highest BCUT2D eigenvalue weighted by atomic mass is 16.5. The van der Waals surface area contributed by atoms with Gasteiger partial charge in [0.2, 0.25) is 0 Å². The van der Waals surface area contributed by atoms with Gasteiger partial charge in [-0.3, -0.25) is 14.8 Å². The third-order valence-electron chi connectivity index (χ3n) is 5.38. The van der Waals surface area contributed by atoms with Crippen LogP contribution in [0.4, 0.5) is 0 Å². The number of ether oxygens (including phenoxy) is 2. The first kappa shape index (κ1) is 19.6. The van der Waals surface area contributed by atoms with Gasteiger partial charge in [0.05, 0.1) is 14.2 Å². The number of hydrogen-bond acceptors (Lipinski definition) is 5. The van der Waals surface area contributed by atoms with Gasteiger partial charge >= 0.3 is 0 Å². The van der Waals surface area contributed by atoms with Crippen LogP contribution in [0.25, 0.3) is 0 Å².